The lowest BCUT2D eigenvalue weighted by atomic mass is 10.2. The van der Waals surface area contributed by atoms with Crippen LogP contribution in [0.4, 0.5) is 0 Å². The number of benzene rings is 1. The summed E-state index contributed by atoms with van der Waals surface area (Å²) in [5.74, 6) is 0.311. The summed E-state index contributed by atoms with van der Waals surface area (Å²) < 4.78 is 0.921. The van der Waals surface area contributed by atoms with Crippen molar-refractivity contribution in [2.45, 2.75) is 0 Å². The van der Waals surface area contributed by atoms with Gasteiger partial charge >= 0.3 is 0 Å². The second-order valence-corrected chi connectivity index (χ2v) is 3.32. The highest BCUT2D eigenvalue weighted by atomic mass is 79.9. The van der Waals surface area contributed by atoms with Crippen molar-refractivity contribution in [1.29, 1.82) is 0 Å². The Balaban J connectivity index is 2.96. The Kier molecular flexibility index (Phi) is 3.15. The molecule has 3 heteroatoms. The fourth-order valence-electron chi connectivity index (χ4n) is 0.753. The zero-order chi connectivity index (χ0) is 8.27. The second-order valence-electron chi connectivity index (χ2n) is 2.09. The van der Waals surface area contributed by atoms with Crippen LogP contribution in [0, 0.1) is 0 Å². The van der Waals surface area contributed by atoms with Gasteiger partial charge in [-0.25, -0.2) is 0 Å². The molecule has 0 heterocycles. The molecular formula is C8H7BrOS. The van der Waals surface area contributed by atoms with Crippen LogP contribution < -0.4 is 0 Å². The molecule has 0 bridgehead atoms. The van der Waals surface area contributed by atoms with E-state index in [2.05, 4.69) is 28.6 Å². The van der Waals surface area contributed by atoms with E-state index in [1.165, 1.54) is 0 Å². The highest BCUT2D eigenvalue weighted by Gasteiger charge is 2.01. The van der Waals surface area contributed by atoms with E-state index in [1.807, 2.05) is 12.1 Å². The molecule has 0 aliphatic rings. The van der Waals surface area contributed by atoms with Crippen molar-refractivity contribution in [1.82, 2.24) is 0 Å². The Morgan fingerprint density at radius 3 is 2.82 bits per heavy atom. The molecule has 58 valence electrons. The number of thiol groups is 1. The first-order valence-electron chi connectivity index (χ1n) is 3.13. The quantitative estimate of drug-likeness (QED) is 0.611. The summed E-state index contributed by atoms with van der Waals surface area (Å²) in [6.07, 6.45) is 0. The fraction of sp³-hybridized carbons (Fsp3) is 0.125. The van der Waals surface area contributed by atoms with Gasteiger partial charge in [0.05, 0.1) is 5.75 Å². The minimum Gasteiger partial charge on any atom is -0.293 e. The Labute approximate surface area is 79.3 Å². The largest absolute Gasteiger partial charge is 0.293 e. The molecule has 1 rings (SSSR count). The predicted octanol–water partition coefficient (Wildman–Crippen LogP) is 2.56. The third-order valence-corrected chi connectivity index (χ3v) is 2.07. The van der Waals surface area contributed by atoms with Gasteiger partial charge in [-0.3, -0.25) is 4.79 Å². The molecule has 0 aliphatic heterocycles. The maximum atomic E-state index is 11.1. The molecule has 1 nitrogen and oxygen atoms in total. The molecule has 1 aromatic carbocycles. The van der Waals surface area contributed by atoms with E-state index in [1.54, 1.807) is 12.1 Å². The number of hydrogen-bond donors (Lipinski definition) is 1. The van der Waals surface area contributed by atoms with Gasteiger partial charge in [0.25, 0.3) is 0 Å². The predicted molar refractivity (Wildman–Crippen MR) is 52.3 cm³/mol. The van der Waals surface area contributed by atoms with Crippen molar-refractivity contribution in [3.05, 3.63) is 34.3 Å². The van der Waals surface area contributed by atoms with E-state index in [9.17, 15) is 4.79 Å². The molecule has 0 unspecified atom stereocenters. The molecule has 0 fully saturated rings. The zero-order valence-electron chi connectivity index (χ0n) is 5.75. The summed E-state index contributed by atoms with van der Waals surface area (Å²) in [6.45, 7) is 0. The molecule has 0 aromatic heterocycles. The number of Topliss-reactive ketones (excluding diaryl/α,β-unsaturated/α-hetero) is 1. The Morgan fingerprint density at radius 2 is 2.27 bits per heavy atom. The highest BCUT2D eigenvalue weighted by Crippen LogP contribution is 2.12. The molecule has 0 atom stereocenters. The Bertz CT molecular complexity index is 273. The van der Waals surface area contributed by atoms with Gasteiger partial charge in [-0.1, -0.05) is 28.1 Å². The topological polar surface area (TPSA) is 17.1 Å². The molecule has 0 radical (unpaired) electrons. The normalized spacial score (nSPS) is 9.64. The fourth-order valence-corrected chi connectivity index (χ4v) is 1.34. The molecule has 0 N–H and O–H groups in total. The highest BCUT2D eigenvalue weighted by molar-refractivity contribution is 9.10. The minimum atomic E-state index is 0.0506. The average molecular weight is 231 g/mol. The van der Waals surface area contributed by atoms with Gasteiger partial charge in [-0.05, 0) is 12.1 Å². The van der Waals surface area contributed by atoms with Gasteiger partial charge in [0.2, 0.25) is 0 Å². The van der Waals surface area contributed by atoms with E-state index in [4.69, 9.17) is 0 Å². The molecule has 1 aromatic rings. The first kappa shape index (κ1) is 8.81. The van der Waals surface area contributed by atoms with E-state index >= 15 is 0 Å². The van der Waals surface area contributed by atoms with Crippen LogP contribution >= 0.6 is 28.6 Å². The SMILES string of the molecule is O=C(CS)c1cccc(Br)c1. The lowest BCUT2D eigenvalue weighted by molar-refractivity contribution is 0.102. The van der Waals surface area contributed by atoms with Crippen LogP contribution in [0.2, 0.25) is 0 Å². The van der Waals surface area contributed by atoms with Crippen LogP contribution in [0.5, 0.6) is 0 Å². The van der Waals surface area contributed by atoms with Crippen molar-refractivity contribution < 1.29 is 4.79 Å². The molecule has 0 saturated heterocycles. The molecular weight excluding hydrogens is 224 g/mol. The monoisotopic (exact) mass is 230 g/mol. The number of carbonyl (C=O) groups is 1. The number of ketones is 1. The van der Waals surface area contributed by atoms with Crippen LogP contribution in [0.25, 0.3) is 0 Å². The molecule has 0 aliphatic carbocycles. The number of hydrogen-bond acceptors (Lipinski definition) is 2. The van der Waals surface area contributed by atoms with E-state index in [-0.39, 0.29) is 11.5 Å². The molecule has 0 amide bonds. The van der Waals surface area contributed by atoms with Crippen molar-refractivity contribution >= 4 is 34.3 Å². The molecule has 0 saturated carbocycles. The standard InChI is InChI=1S/C8H7BrOS/c9-7-3-1-2-6(4-7)8(10)5-11/h1-4,11H,5H2. The first-order valence-corrected chi connectivity index (χ1v) is 4.56. The van der Waals surface area contributed by atoms with Crippen LogP contribution in [-0.4, -0.2) is 11.5 Å². The summed E-state index contributed by atoms with van der Waals surface area (Å²) in [4.78, 5) is 11.1. The first-order chi connectivity index (χ1) is 5.24. The van der Waals surface area contributed by atoms with Gasteiger partial charge in [0.15, 0.2) is 5.78 Å². The zero-order valence-corrected chi connectivity index (χ0v) is 8.23. The summed E-state index contributed by atoms with van der Waals surface area (Å²) >= 11 is 7.18. The molecule has 0 spiro atoms. The van der Waals surface area contributed by atoms with Crippen molar-refractivity contribution in [3.63, 3.8) is 0 Å². The Morgan fingerprint density at radius 1 is 1.55 bits per heavy atom. The third-order valence-electron chi connectivity index (χ3n) is 1.29. The lowest BCUT2D eigenvalue weighted by Crippen LogP contribution is -1.99. The summed E-state index contributed by atoms with van der Waals surface area (Å²) in [5.41, 5.74) is 0.703. The van der Waals surface area contributed by atoms with Crippen LogP contribution in [-0.2, 0) is 0 Å². The van der Waals surface area contributed by atoms with E-state index < -0.39 is 0 Å². The van der Waals surface area contributed by atoms with Crippen molar-refractivity contribution in [2.24, 2.45) is 0 Å². The number of rotatable bonds is 2. The van der Waals surface area contributed by atoms with E-state index in [0.29, 0.717) is 5.56 Å². The van der Waals surface area contributed by atoms with Crippen molar-refractivity contribution in [2.75, 3.05) is 5.75 Å². The smallest absolute Gasteiger partial charge is 0.172 e. The lowest BCUT2D eigenvalue weighted by Gasteiger charge is -1.96. The maximum Gasteiger partial charge on any atom is 0.172 e. The average Bonchev–Trinajstić information content (AvgIpc) is 2.03. The van der Waals surface area contributed by atoms with Gasteiger partial charge in [-0.15, -0.1) is 0 Å². The van der Waals surface area contributed by atoms with E-state index in [0.717, 1.165) is 4.47 Å². The second kappa shape index (κ2) is 3.93. The van der Waals surface area contributed by atoms with Crippen molar-refractivity contribution in [3.8, 4) is 0 Å². The summed E-state index contributed by atoms with van der Waals surface area (Å²) in [6, 6.07) is 7.29. The third kappa shape index (κ3) is 2.34. The van der Waals surface area contributed by atoms with Crippen LogP contribution in [0.1, 0.15) is 10.4 Å². The van der Waals surface area contributed by atoms with Crippen LogP contribution in [0.3, 0.4) is 0 Å². The number of halogens is 1. The summed E-state index contributed by atoms with van der Waals surface area (Å²) in [7, 11) is 0. The maximum absolute atomic E-state index is 11.1. The van der Waals surface area contributed by atoms with Gasteiger partial charge < -0.3 is 0 Å². The number of carbonyl (C=O) groups excluding carboxylic acids is 1. The summed E-state index contributed by atoms with van der Waals surface area (Å²) in [5, 5.41) is 0. The van der Waals surface area contributed by atoms with Gasteiger partial charge in [-0.2, -0.15) is 12.6 Å². The van der Waals surface area contributed by atoms with Crippen LogP contribution in [0.15, 0.2) is 28.7 Å². The minimum absolute atomic E-state index is 0.0506. The molecule has 11 heavy (non-hydrogen) atoms. The Hall–Kier alpha value is -0.280. The van der Waals surface area contributed by atoms with Gasteiger partial charge in [0, 0.05) is 10.0 Å². The van der Waals surface area contributed by atoms with Gasteiger partial charge in [0.1, 0.15) is 0 Å².